The van der Waals surface area contributed by atoms with Gasteiger partial charge >= 0.3 is 6.03 Å². The van der Waals surface area contributed by atoms with Crippen LogP contribution >= 0.6 is 0 Å². The van der Waals surface area contributed by atoms with Crippen LogP contribution in [0.2, 0.25) is 0 Å². The minimum atomic E-state index is -0.151. The van der Waals surface area contributed by atoms with Gasteiger partial charge in [0, 0.05) is 6.04 Å². The molecule has 0 saturated heterocycles. The molecule has 1 aliphatic heterocycles. The Morgan fingerprint density at radius 1 is 1.20 bits per heavy atom. The Kier molecular flexibility index (Phi) is 4.71. The average molecular weight is 278 g/mol. The number of carbonyl (C=O) groups excluding carboxylic acids is 1. The van der Waals surface area contributed by atoms with Crippen molar-refractivity contribution in [1.29, 1.82) is 0 Å². The predicted octanol–water partition coefficient (Wildman–Crippen LogP) is 2.62. The molecule has 1 aliphatic rings. The lowest BCUT2D eigenvalue weighted by molar-refractivity contribution is 0.171. The van der Waals surface area contributed by atoms with Gasteiger partial charge in [0.05, 0.1) is 6.04 Å². The van der Waals surface area contributed by atoms with Gasteiger partial charge in [-0.1, -0.05) is 13.0 Å². The summed E-state index contributed by atoms with van der Waals surface area (Å²) in [5.74, 6) is 1.50. The molecule has 0 unspecified atom stereocenters. The van der Waals surface area contributed by atoms with E-state index in [1.165, 1.54) is 0 Å². The van der Waals surface area contributed by atoms with Crippen molar-refractivity contribution in [2.24, 2.45) is 0 Å². The summed E-state index contributed by atoms with van der Waals surface area (Å²) in [6.07, 6.45) is 0.909. The van der Waals surface area contributed by atoms with Crippen molar-refractivity contribution in [2.75, 3.05) is 13.2 Å². The van der Waals surface area contributed by atoms with Gasteiger partial charge in [0.15, 0.2) is 11.5 Å². The van der Waals surface area contributed by atoms with Crippen LogP contribution in [0.25, 0.3) is 0 Å². The van der Waals surface area contributed by atoms with Crippen molar-refractivity contribution < 1.29 is 14.3 Å². The second-order valence-electron chi connectivity index (χ2n) is 5.05. The molecule has 0 radical (unpaired) electrons. The Bertz CT molecular complexity index is 476. The number of rotatable bonds is 4. The number of carbonyl (C=O) groups is 1. The van der Waals surface area contributed by atoms with Crippen LogP contribution in [0, 0.1) is 0 Å². The van der Waals surface area contributed by atoms with Crippen molar-refractivity contribution >= 4 is 6.03 Å². The molecule has 1 aromatic rings. The van der Waals surface area contributed by atoms with E-state index in [-0.39, 0.29) is 18.1 Å². The lowest BCUT2D eigenvalue weighted by atomic mass is 10.1. The monoisotopic (exact) mass is 278 g/mol. The van der Waals surface area contributed by atoms with Crippen LogP contribution in [0.4, 0.5) is 4.79 Å². The van der Waals surface area contributed by atoms with Gasteiger partial charge < -0.3 is 20.1 Å². The van der Waals surface area contributed by atoms with E-state index in [0.717, 1.165) is 23.5 Å². The smallest absolute Gasteiger partial charge is 0.315 e. The summed E-state index contributed by atoms with van der Waals surface area (Å²) in [4.78, 5) is 11.8. The van der Waals surface area contributed by atoms with E-state index in [0.29, 0.717) is 13.2 Å². The van der Waals surface area contributed by atoms with Gasteiger partial charge in [-0.2, -0.15) is 0 Å². The quantitative estimate of drug-likeness (QED) is 0.890. The Morgan fingerprint density at radius 3 is 2.60 bits per heavy atom. The number of amides is 2. The summed E-state index contributed by atoms with van der Waals surface area (Å²) in [6.45, 7) is 7.11. The Hall–Kier alpha value is -1.91. The van der Waals surface area contributed by atoms with E-state index < -0.39 is 0 Å². The van der Waals surface area contributed by atoms with E-state index in [2.05, 4.69) is 10.6 Å². The van der Waals surface area contributed by atoms with E-state index in [1.54, 1.807) is 0 Å². The highest BCUT2D eigenvalue weighted by Gasteiger charge is 2.16. The minimum Gasteiger partial charge on any atom is -0.486 e. The summed E-state index contributed by atoms with van der Waals surface area (Å²) in [5.41, 5.74) is 0.994. The molecule has 2 amide bonds. The van der Waals surface area contributed by atoms with E-state index in [9.17, 15) is 4.79 Å². The van der Waals surface area contributed by atoms with Crippen LogP contribution < -0.4 is 20.1 Å². The summed E-state index contributed by atoms with van der Waals surface area (Å²) < 4.78 is 11.0. The lowest BCUT2D eigenvalue weighted by Crippen LogP contribution is -2.41. The molecule has 5 heteroatoms. The van der Waals surface area contributed by atoms with Crippen LogP contribution in [0.15, 0.2) is 18.2 Å². The molecule has 2 N–H and O–H groups in total. The fraction of sp³-hybridized carbons (Fsp3) is 0.533. The molecule has 5 nitrogen and oxygen atoms in total. The maximum absolute atomic E-state index is 11.8. The molecule has 1 heterocycles. The summed E-state index contributed by atoms with van der Waals surface area (Å²) >= 11 is 0. The fourth-order valence-corrected chi connectivity index (χ4v) is 1.98. The van der Waals surface area contributed by atoms with Crippen LogP contribution in [-0.4, -0.2) is 25.3 Å². The van der Waals surface area contributed by atoms with E-state index in [4.69, 9.17) is 9.47 Å². The third-order valence-corrected chi connectivity index (χ3v) is 3.40. The maximum Gasteiger partial charge on any atom is 0.315 e. The zero-order valence-electron chi connectivity index (χ0n) is 12.2. The number of fused-ring (bicyclic) bond motifs is 1. The molecular formula is C15H22N2O3. The maximum atomic E-state index is 11.8. The van der Waals surface area contributed by atoms with Crippen LogP contribution in [0.3, 0.4) is 0 Å². The molecular weight excluding hydrogens is 256 g/mol. The van der Waals surface area contributed by atoms with Gasteiger partial charge in [0.2, 0.25) is 0 Å². The predicted molar refractivity (Wildman–Crippen MR) is 77.3 cm³/mol. The number of ether oxygens (including phenoxy) is 2. The second-order valence-corrected chi connectivity index (χ2v) is 5.05. The molecule has 0 aromatic heterocycles. The highest BCUT2D eigenvalue weighted by molar-refractivity contribution is 5.74. The highest BCUT2D eigenvalue weighted by Crippen LogP contribution is 2.32. The van der Waals surface area contributed by atoms with Crippen molar-refractivity contribution in [1.82, 2.24) is 10.6 Å². The van der Waals surface area contributed by atoms with Gasteiger partial charge in [-0.05, 0) is 38.0 Å². The summed E-state index contributed by atoms with van der Waals surface area (Å²) in [6, 6.07) is 5.68. The number of benzene rings is 1. The molecule has 0 saturated carbocycles. The van der Waals surface area contributed by atoms with Crippen LogP contribution in [0.5, 0.6) is 11.5 Å². The van der Waals surface area contributed by atoms with Crippen LogP contribution in [0.1, 0.15) is 38.8 Å². The number of hydrogen-bond acceptors (Lipinski definition) is 3. The molecule has 0 fully saturated rings. The van der Waals surface area contributed by atoms with Gasteiger partial charge in [0.25, 0.3) is 0 Å². The number of hydrogen-bond donors (Lipinski definition) is 2. The first-order valence-corrected chi connectivity index (χ1v) is 7.06. The van der Waals surface area contributed by atoms with Crippen molar-refractivity contribution in [2.45, 2.75) is 39.3 Å². The van der Waals surface area contributed by atoms with Gasteiger partial charge in [-0.15, -0.1) is 0 Å². The lowest BCUT2D eigenvalue weighted by Gasteiger charge is -2.21. The normalized spacial score (nSPS) is 16.1. The first-order chi connectivity index (χ1) is 9.60. The molecule has 0 bridgehead atoms. The van der Waals surface area contributed by atoms with Crippen molar-refractivity contribution in [3.8, 4) is 11.5 Å². The zero-order valence-corrected chi connectivity index (χ0v) is 12.2. The molecule has 2 rings (SSSR count). The average Bonchev–Trinajstić information content (AvgIpc) is 2.46. The fourth-order valence-electron chi connectivity index (χ4n) is 1.98. The first kappa shape index (κ1) is 14.5. The largest absolute Gasteiger partial charge is 0.486 e. The Balaban J connectivity index is 1.98. The Morgan fingerprint density at radius 2 is 1.90 bits per heavy atom. The third kappa shape index (κ3) is 3.56. The van der Waals surface area contributed by atoms with Gasteiger partial charge in [-0.3, -0.25) is 0 Å². The van der Waals surface area contributed by atoms with E-state index >= 15 is 0 Å². The standard InChI is InChI=1S/C15H22N2O3/c1-4-10(2)16-15(18)17-11(3)12-5-6-13-14(9-12)20-8-7-19-13/h5-6,9-11H,4,7-8H2,1-3H3,(H2,16,17,18)/t10-,11-/m0/s1. The molecule has 20 heavy (non-hydrogen) atoms. The zero-order chi connectivity index (χ0) is 14.5. The van der Waals surface area contributed by atoms with Crippen LogP contribution in [-0.2, 0) is 0 Å². The first-order valence-electron chi connectivity index (χ1n) is 7.06. The SMILES string of the molecule is CC[C@H](C)NC(=O)N[C@@H](C)c1ccc2c(c1)OCCO2. The number of urea groups is 1. The van der Waals surface area contributed by atoms with Gasteiger partial charge in [0.1, 0.15) is 13.2 Å². The molecule has 0 spiro atoms. The summed E-state index contributed by atoms with van der Waals surface area (Å²) in [7, 11) is 0. The molecule has 110 valence electrons. The number of nitrogens with one attached hydrogen (secondary N) is 2. The molecule has 2 atom stereocenters. The second kappa shape index (κ2) is 6.50. The minimum absolute atomic E-state index is 0.0881. The third-order valence-electron chi connectivity index (χ3n) is 3.40. The highest BCUT2D eigenvalue weighted by atomic mass is 16.6. The topological polar surface area (TPSA) is 59.6 Å². The molecule has 0 aliphatic carbocycles. The molecule has 1 aromatic carbocycles. The van der Waals surface area contributed by atoms with Crippen molar-refractivity contribution in [3.63, 3.8) is 0 Å². The van der Waals surface area contributed by atoms with Gasteiger partial charge in [-0.25, -0.2) is 4.79 Å². The van der Waals surface area contributed by atoms with E-state index in [1.807, 2.05) is 39.0 Å². The Labute approximate surface area is 119 Å². The van der Waals surface area contributed by atoms with Crippen molar-refractivity contribution in [3.05, 3.63) is 23.8 Å². The summed E-state index contributed by atoms with van der Waals surface area (Å²) in [5, 5.41) is 5.81.